The van der Waals surface area contributed by atoms with Crippen molar-refractivity contribution >= 4 is 46.3 Å². The lowest BCUT2D eigenvalue weighted by Gasteiger charge is -2.33. The Bertz CT molecular complexity index is 1550. The van der Waals surface area contributed by atoms with E-state index in [-0.39, 0.29) is 40.6 Å². The SMILES string of the molecule is NC(=O)[C@H]1CC[C@H](n2c(Nc3c(F)cc(Cl)cc3F)nc3cnc(N[C@@H]4CCCN(Cc5ccccc5)C4)nc32)CC1. The lowest BCUT2D eigenvalue weighted by atomic mass is 9.85. The summed E-state index contributed by atoms with van der Waals surface area (Å²) in [6.07, 6.45) is 6.18. The standard InChI is InChI=1S/C30H33ClF2N8O/c31-20-13-23(32)26(24(33)14-20)38-30-37-25-15-35-29(39-28(25)41(30)22-10-8-19(9-11-22)27(34)42)36-21-7-4-12-40(17-21)16-18-5-2-1-3-6-18/h1-3,5-6,13-15,19,21-22H,4,7-12,16-17H2,(H2,34,42)(H,37,38)(H,35,36,39)/t19-,21-,22-/m1/s1. The molecular weight excluding hydrogens is 562 g/mol. The van der Waals surface area contributed by atoms with Gasteiger partial charge in [0.2, 0.25) is 17.8 Å². The first-order valence-electron chi connectivity index (χ1n) is 14.3. The van der Waals surface area contributed by atoms with Crippen molar-refractivity contribution in [3.63, 3.8) is 0 Å². The molecule has 0 radical (unpaired) electrons. The zero-order valence-corrected chi connectivity index (χ0v) is 23.8. The van der Waals surface area contributed by atoms with Crippen molar-refractivity contribution in [3.8, 4) is 0 Å². The third kappa shape index (κ3) is 6.17. The van der Waals surface area contributed by atoms with Crippen LogP contribution in [0, 0.1) is 17.6 Å². The van der Waals surface area contributed by atoms with E-state index in [1.54, 1.807) is 6.20 Å². The van der Waals surface area contributed by atoms with E-state index in [2.05, 4.69) is 49.8 Å². The summed E-state index contributed by atoms with van der Waals surface area (Å²) in [6, 6.07) is 12.6. The average Bonchev–Trinajstić information content (AvgIpc) is 3.33. The number of carbonyl (C=O) groups excluding carboxylic acids is 1. The lowest BCUT2D eigenvalue weighted by molar-refractivity contribution is -0.122. The van der Waals surface area contributed by atoms with Gasteiger partial charge in [0.05, 0.1) is 6.20 Å². The molecule has 220 valence electrons. The minimum Gasteiger partial charge on any atom is -0.369 e. The summed E-state index contributed by atoms with van der Waals surface area (Å²) in [4.78, 5) is 28.2. The molecule has 1 aliphatic heterocycles. The number of benzene rings is 2. The first-order chi connectivity index (χ1) is 20.3. The number of nitrogens with one attached hydrogen (secondary N) is 2. The van der Waals surface area contributed by atoms with Gasteiger partial charge in [-0.25, -0.2) is 18.7 Å². The number of anilines is 3. The van der Waals surface area contributed by atoms with Gasteiger partial charge in [-0.15, -0.1) is 0 Å². The molecule has 12 heteroatoms. The van der Waals surface area contributed by atoms with Crippen LogP contribution in [0.1, 0.15) is 50.1 Å². The van der Waals surface area contributed by atoms with Crippen molar-refractivity contribution in [2.24, 2.45) is 11.7 Å². The normalized spacial score (nSPS) is 21.4. The number of fused-ring (bicyclic) bond motifs is 1. The van der Waals surface area contributed by atoms with Gasteiger partial charge in [0.15, 0.2) is 17.3 Å². The maximum atomic E-state index is 14.7. The van der Waals surface area contributed by atoms with Gasteiger partial charge in [-0.05, 0) is 62.8 Å². The molecular formula is C30H33ClF2N8O. The van der Waals surface area contributed by atoms with Crippen LogP contribution in [-0.4, -0.2) is 49.5 Å². The molecule has 3 heterocycles. The van der Waals surface area contributed by atoms with Gasteiger partial charge < -0.3 is 16.4 Å². The second-order valence-corrected chi connectivity index (χ2v) is 11.6. The third-order valence-electron chi connectivity index (χ3n) is 8.23. The highest BCUT2D eigenvalue weighted by Gasteiger charge is 2.30. The molecule has 1 saturated carbocycles. The zero-order chi connectivity index (χ0) is 29.2. The highest BCUT2D eigenvalue weighted by molar-refractivity contribution is 6.30. The second kappa shape index (κ2) is 12.2. The Morgan fingerprint density at radius 3 is 2.50 bits per heavy atom. The Labute approximate surface area is 247 Å². The summed E-state index contributed by atoms with van der Waals surface area (Å²) < 4.78 is 31.4. The molecule has 0 unspecified atom stereocenters. The Morgan fingerprint density at radius 1 is 1.05 bits per heavy atom. The molecule has 1 saturated heterocycles. The number of rotatable bonds is 8. The van der Waals surface area contributed by atoms with Crippen LogP contribution >= 0.6 is 11.6 Å². The molecule has 2 aromatic heterocycles. The number of carbonyl (C=O) groups is 1. The summed E-state index contributed by atoms with van der Waals surface area (Å²) in [7, 11) is 0. The van der Waals surface area contributed by atoms with Crippen molar-refractivity contribution in [2.75, 3.05) is 23.7 Å². The van der Waals surface area contributed by atoms with Crippen LogP contribution in [0.4, 0.5) is 26.4 Å². The van der Waals surface area contributed by atoms with E-state index in [0.717, 1.165) is 44.6 Å². The Morgan fingerprint density at radius 2 is 1.79 bits per heavy atom. The highest BCUT2D eigenvalue weighted by atomic mass is 35.5. The van der Waals surface area contributed by atoms with Gasteiger partial charge in [0, 0.05) is 36.1 Å². The summed E-state index contributed by atoms with van der Waals surface area (Å²) >= 11 is 5.83. The van der Waals surface area contributed by atoms with Crippen molar-refractivity contribution in [3.05, 3.63) is 70.9 Å². The minimum atomic E-state index is -0.832. The Kier molecular flexibility index (Phi) is 8.21. The molecule has 6 rings (SSSR count). The fraction of sp³-hybridized carbons (Fsp3) is 0.400. The fourth-order valence-corrected chi connectivity index (χ4v) is 6.32. The second-order valence-electron chi connectivity index (χ2n) is 11.2. The topological polar surface area (TPSA) is 114 Å². The number of imidazole rings is 1. The first-order valence-corrected chi connectivity index (χ1v) is 14.7. The van der Waals surface area contributed by atoms with Crippen LogP contribution < -0.4 is 16.4 Å². The van der Waals surface area contributed by atoms with Gasteiger partial charge in [-0.2, -0.15) is 4.98 Å². The molecule has 1 amide bonds. The van der Waals surface area contributed by atoms with Gasteiger partial charge in [0.1, 0.15) is 11.2 Å². The molecule has 1 atom stereocenters. The maximum absolute atomic E-state index is 14.7. The smallest absolute Gasteiger partial charge is 0.225 e. The van der Waals surface area contributed by atoms with E-state index >= 15 is 0 Å². The molecule has 1 aliphatic carbocycles. The summed E-state index contributed by atoms with van der Waals surface area (Å²) in [5, 5.41) is 6.31. The third-order valence-corrected chi connectivity index (χ3v) is 8.45. The number of primary amides is 1. The summed E-state index contributed by atoms with van der Waals surface area (Å²) in [5.74, 6) is -1.46. The van der Waals surface area contributed by atoms with E-state index in [4.69, 9.17) is 22.3 Å². The van der Waals surface area contributed by atoms with Crippen LogP contribution in [0.3, 0.4) is 0 Å². The Balaban J connectivity index is 1.28. The number of hydrogen-bond donors (Lipinski definition) is 3. The molecule has 0 spiro atoms. The van der Waals surface area contributed by atoms with Gasteiger partial charge in [-0.1, -0.05) is 41.9 Å². The average molecular weight is 595 g/mol. The zero-order valence-electron chi connectivity index (χ0n) is 23.1. The summed E-state index contributed by atoms with van der Waals surface area (Å²) in [5.41, 5.74) is 7.52. The van der Waals surface area contributed by atoms with Crippen LogP contribution in [0.5, 0.6) is 0 Å². The van der Waals surface area contributed by atoms with E-state index in [0.29, 0.717) is 42.8 Å². The number of aromatic nitrogens is 4. The molecule has 2 fully saturated rings. The molecule has 2 aromatic carbocycles. The molecule has 42 heavy (non-hydrogen) atoms. The summed E-state index contributed by atoms with van der Waals surface area (Å²) in [6.45, 7) is 2.77. The lowest BCUT2D eigenvalue weighted by Crippen LogP contribution is -2.41. The van der Waals surface area contributed by atoms with Crippen molar-refractivity contribution in [1.29, 1.82) is 0 Å². The molecule has 2 aliphatic rings. The largest absolute Gasteiger partial charge is 0.369 e. The van der Waals surface area contributed by atoms with Gasteiger partial charge in [0.25, 0.3) is 0 Å². The van der Waals surface area contributed by atoms with Crippen molar-refractivity contribution in [1.82, 2.24) is 24.4 Å². The van der Waals surface area contributed by atoms with E-state index in [1.807, 2.05) is 10.6 Å². The number of nitrogens with two attached hydrogens (primary N) is 1. The first kappa shape index (κ1) is 28.3. The van der Waals surface area contributed by atoms with Gasteiger partial charge >= 0.3 is 0 Å². The molecule has 0 bridgehead atoms. The molecule has 4 N–H and O–H groups in total. The van der Waals surface area contributed by atoms with Crippen LogP contribution in [0.25, 0.3) is 11.2 Å². The van der Waals surface area contributed by atoms with Gasteiger partial charge in [-0.3, -0.25) is 14.3 Å². The highest BCUT2D eigenvalue weighted by Crippen LogP contribution is 2.38. The number of piperidine rings is 1. The fourth-order valence-electron chi connectivity index (χ4n) is 6.13. The van der Waals surface area contributed by atoms with E-state index in [9.17, 15) is 13.6 Å². The molecule has 4 aromatic rings. The van der Waals surface area contributed by atoms with E-state index in [1.165, 1.54) is 5.56 Å². The number of hydrogen-bond acceptors (Lipinski definition) is 7. The Hall–Kier alpha value is -3.83. The van der Waals surface area contributed by atoms with Crippen LogP contribution in [0.2, 0.25) is 5.02 Å². The minimum absolute atomic E-state index is 0.0412. The maximum Gasteiger partial charge on any atom is 0.225 e. The van der Waals surface area contributed by atoms with E-state index < -0.39 is 11.6 Å². The number of nitrogens with zero attached hydrogens (tertiary/aromatic N) is 5. The predicted molar refractivity (Wildman–Crippen MR) is 159 cm³/mol. The monoisotopic (exact) mass is 594 g/mol. The van der Waals surface area contributed by atoms with Crippen LogP contribution in [0.15, 0.2) is 48.7 Å². The van der Waals surface area contributed by atoms with Crippen LogP contribution in [-0.2, 0) is 11.3 Å². The number of halogens is 3. The predicted octanol–water partition coefficient (Wildman–Crippen LogP) is 5.79. The number of likely N-dealkylation sites (tertiary alicyclic amines) is 1. The van der Waals surface area contributed by atoms with Crippen molar-refractivity contribution in [2.45, 2.75) is 57.2 Å². The molecule has 9 nitrogen and oxygen atoms in total. The number of amides is 1. The quantitative estimate of drug-likeness (QED) is 0.236. The van der Waals surface area contributed by atoms with Crippen molar-refractivity contribution < 1.29 is 13.6 Å².